The number of aromatic nitrogens is 4. The average Bonchev–Trinajstić information content (AvgIpc) is 3.42. The number of amides is 1. The van der Waals surface area contributed by atoms with Crippen LogP contribution in [0.2, 0.25) is 0 Å². The van der Waals surface area contributed by atoms with Gasteiger partial charge in [0.05, 0.1) is 11.8 Å². The quantitative estimate of drug-likeness (QED) is 0.605. The minimum atomic E-state index is -0.327. The fraction of sp³-hybridized carbons (Fsp3) is 0.294. The van der Waals surface area contributed by atoms with Crippen LogP contribution in [0, 0.1) is 0 Å². The van der Waals surface area contributed by atoms with Crippen LogP contribution in [0.5, 0.6) is 11.5 Å². The second-order valence-corrected chi connectivity index (χ2v) is 8.20. The van der Waals surface area contributed by atoms with Crippen molar-refractivity contribution in [2.45, 2.75) is 30.4 Å². The molecule has 0 saturated carbocycles. The number of nitrogens with one attached hydrogen (secondary N) is 1. The molecule has 0 aliphatic carbocycles. The second-order valence-electron chi connectivity index (χ2n) is 5.86. The van der Waals surface area contributed by atoms with E-state index in [0.29, 0.717) is 24.0 Å². The van der Waals surface area contributed by atoms with E-state index in [1.54, 1.807) is 16.0 Å². The predicted molar refractivity (Wildman–Crippen MR) is 101 cm³/mol. The number of carbonyl (C=O) groups excluding carboxylic acids is 1. The first-order chi connectivity index (χ1) is 13.2. The number of thioether (sulfide) groups is 1. The number of fused-ring (bicyclic) bond motifs is 1. The van der Waals surface area contributed by atoms with Gasteiger partial charge >= 0.3 is 0 Å². The van der Waals surface area contributed by atoms with E-state index in [2.05, 4.69) is 20.8 Å². The highest BCUT2D eigenvalue weighted by molar-refractivity contribution is 8.00. The summed E-state index contributed by atoms with van der Waals surface area (Å²) in [5.74, 6) is 1.35. The molecule has 0 radical (unpaired) electrons. The van der Waals surface area contributed by atoms with Gasteiger partial charge in [-0.2, -0.15) is 0 Å². The molecule has 0 unspecified atom stereocenters. The molecule has 0 bridgehead atoms. The molecule has 3 aromatic rings. The molecule has 1 amide bonds. The van der Waals surface area contributed by atoms with Gasteiger partial charge in [0.25, 0.3) is 0 Å². The van der Waals surface area contributed by atoms with E-state index < -0.39 is 0 Å². The van der Waals surface area contributed by atoms with Crippen LogP contribution < -0.4 is 14.8 Å². The molecular formula is C17H17N5O3S2. The number of ether oxygens (including phenoxy) is 2. The van der Waals surface area contributed by atoms with Crippen molar-refractivity contribution in [3.63, 3.8) is 0 Å². The molecule has 0 spiro atoms. The van der Waals surface area contributed by atoms with Gasteiger partial charge in [-0.15, -0.1) is 16.4 Å². The molecule has 140 valence electrons. The number of hydrogen-bond acceptors (Lipinski definition) is 8. The van der Waals surface area contributed by atoms with Gasteiger partial charge in [-0.3, -0.25) is 4.79 Å². The Hall–Kier alpha value is -2.59. The topological polar surface area (TPSA) is 91.2 Å². The van der Waals surface area contributed by atoms with Gasteiger partial charge in [-0.1, -0.05) is 23.9 Å². The summed E-state index contributed by atoms with van der Waals surface area (Å²) in [6.07, 6.45) is 0. The molecule has 0 saturated heterocycles. The standard InChI is InChI=1S/C17H17N5O3S2/c1-11(27-17-19-20-21-22(17)9-13-3-2-6-26-13)16(23)18-8-12-4-5-14-15(7-12)25-10-24-14/h2-7,11H,8-10H2,1H3,(H,18,23)/t11-/m0/s1. The zero-order valence-corrected chi connectivity index (χ0v) is 16.1. The molecule has 3 heterocycles. The molecule has 27 heavy (non-hydrogen) atoms. The zero-order chi connectivity index (χ0) is 18.6. The summed E-state index contributed by atoms with van der Waals surface area (Å²) in [5, 5.41) is 17.0. The van der Waals surface area contributed by atoms with Crippen LogP contribution in [0.1, 0.15) is 17.4 Å². The van der Waals surface area contributed by atoms with E-state index >= 15 is 0 Å². The smallest absolute Gasteiger partial charge is 0.233 e. The van der Waals surface area contributed by atoms with Gasteiger partial charge in [0.15, 0.2) is 11.5 Å². The largest absolute Gasteiger partial charge is 0.454 e. The summed E-state index contributed by atoms with van der Waals surface area (Å²) in [5.41, 5.74) is 0.951. The SMILES string of the molecule is C[C@H](Sc1nnnn1Cc1cccs1)C(=O)NCc1ccc2c(c1)OCO2. The molecule has 1 atom stereocenters. The van der Waals surface area contributed by atoms with Gasteiger partial charge in [0.2, 0.25) is 17.9 Å². The van der Waals surface area contributed by atoms with Crippen molar-refractivity contribution in [1.29, 1.82) is 0 Å². The molecule has 8 nitrogen and oxygen atoms in total. The highest BCUT2D eigenvalue weighted by atomic mass is 32.2. The number of rotatable bonds is 7. The number of hydrogen-bond donors (Lipinski definition) is 1. The zero-order valence-electron chi connectivity index (χ0n) is 14.5. The summed E-state index contributed by atoms with van der Waals surface area (Å²) >= 11 is 2.98. The lowest BCUT2D eigenvalue weighted by molar-refractivity contribution is -0.120. The molecule has 0 fully saturated rings. The van der Waals surface area contributed by atoms with Gasteiger partial charge in [0.1, 0.15) is 0 Å². The highest BCUT2D eigenvalue weighted by Gasteiger charge is 2.19. The van der Waals surface area contributed by atoms with Crippen LogP contribution in [0.3, 0.4) is 0 Å². The second kappa shape index (κ2) is 7.97. The lowest BCUT2D eigenvalue weighted by atomic mass is 10.2. The van der Waals surface area contributed by atoms with Crippen molar-refractivity contribution in [3.05, 3.63) is 46.2 Å². The number of benzene rings is 1. The summed E-state index contributed by atoms with van der Waals surface area (Å²) in [7, 11) is 0. The highest BCUT2D eigenvalue weighted by Crippen LogP contribution is 2.32. The fourth-order valence-corrected chi connectivity index (χ4v) is 4.02. The Labute approximate surface area is 163 Å². The fourth-order valence-electron chi connectivity index (χ4n) is 2.53. The lowest BCUT2D eigenvalue weighted by Gasteiger charge is -2.12. The molecule has 2 aromatic heterocycles. The van der Waals surface area contributed by atoms with E-state index in [0.717, 1.165) is 16.2 Å². The van der Waals surface area contributed by atoms with E-state index in [9.17, 15) is 4.79 Å². The first-order valence-corrected chi connectivity index (χ1v) is 10.1. The van der Waals surface area contributed by atoms with Gasteiger partial charge < -0.3 is 14.8 Å². The molecule has 4 rings (SSSR count). The Bertz CT molecular complexity index is 929. The Morgan fingerprint density at radius 1 is 1.37 bits per heavy atom. The van der Waals surface area contributed by atoms with Crippen LogP contribution in [-0.2, 0) is 17.9 Å². The number of thiophene rings is 1. The summed E-state index contributed by atoms with van der Waals surface area (Å²) in [6, 6.07) is 9.65. The van der Waals surface area contributed by atoms with Gasteiger partial charge in [-0.25, -0.2) is 4.68 Å². The van der Waals surface area contributed by atoms with Crippen molar-refractivity contribution in [3.8, 4) is 11.5 Å². The normalized spacial score (nSPS) is 13.5. The Kier molecular flexibility index (Phi) is 5.26. The van der Waals surface area contributed by atoms with Crippen LogP contribution in [-0.4, -0.2) is 38.2 Å². The van der Waals surface area contributed by atoms with Crippen LogP contribution in [0.15, 0.2) is 40.9 Å². The van der Waals surface area contributed by atoms with E-state index in [4.69, 9.17) is 9.47 Å². The Balaban J connectivity index is 1.32. The molecule has 10 heteroatoms. The Morgan fingerprint density at radius 3 is 3.11 bits per heavy atom. The van der Waals surface area contributed by atoms with E-state index in [1.807, 2.05) is 42.6 Å². The first-order valence-electron chi connectivity index (χ1n) is 8.30. The Morgan fingerprint density at radius 2 is 2.26 bits per heavy atom. The van der Waals surface area contributed by atoms with Crippen molar-refractivity contribution in [2.75, 3.05) is 6.79 Å². The van der Waals surface area contributed by atoms with E-state index in [-0.39, 0.29) is 18.0 Å². The number of nitrogens with zero attached hydrogens (tertiary/aromatic N) is 4. The molecule has 1 N–H and O–H groups in total. The van der Waals surface area contributed by atoms with Crippen LogP contribution >= 0.6 is 23.1 Å². The maximum absolute atomic E-state index is 12.4. The minimum Gasteiger partial charge on any atom is -0.454 e. The minimum absolute atomic E-state index is 0.0802. The van der Waals surface area contributed by atoms with Gasteiger partial charge in [-0.05, 0) is 46.5 Å². The predicted octanol–water partition coefficient (Wildman–Crippen LogP) is 2.31. The third kappa shape index (κ3) is 4.22. The third-order valence-electron chi connectivity index (χ3n) is 3.94. The number of tetrazole rings is 1. The lowest BCUT2D eigenvalue weighted by Crippen LogP contribution is -2.30. The molecule has 1 aliphatic rings. The maximum Gasteiger partial charge on any atom is 0.233 e. The molecule has 1 aliphatic heterocycles. The van der Waals surface area contributed by atoms with Crippen molar-refractivity contribution >= 4 is 29.0 Å². The van der Waals surface area contributed by atoms with Crippen molar-refractivity contribution in [1.82, 2.24) is 25.5 Å². The van der Waals surface area contributed by atoms with Crippen LogP contribution in [0.4, 0.5) is 0 Å². The monoisotopic (exact) mass is 403 g/mol. The summed E-state index contributed by atoms with van der Waals surface area (Å²) < 4.78 is 12.4. The summed E-state index contributed by atoms with van der Waals surface area (Å²) in [6.45, 7) is 3.09. The van der Waals surface area contributed by atoms with Crippen LogP contribution in [0.25, 0.3) is 0 Å². The average molecular weight is 403 g/mol. The molecular weight excluding hydrogens is 386 g/mol. The molecule has 1 aromatic carbocycles. The first kappa shape index (κ1) is 17.8. The van der Waals surface area contributed by atoms with E-state index in [1.165, 1.54) is 11.8 Å². The summed E-state index contributed by atoms with van der Waals surface area (Å²) in [4.78, 5) is 13.6. The number of carbonyl (C=O) groups is 1. The van der Waals surface area contributed by atoms with Crippen molar-refractivity contribution < 1.29 is 14.3 Å². The van der Waals surface area contributed by atoms with Gasteiger partial charge in [0, 0.05) is 11.4 Å². The maximum atomic E-state index is 12.4. The third-order valence-corrected chi connectivity index (χ3v) is 5.87. The van der Waals surface area contributed by atoms with Crippen molar-refractivity contribution in [2.24, 2.45) is 0 Å².